The van der Waals surface area contributed by atoms with Crippen LogP contribution in [0.3, 0.4) is 0 Å². The number of hydrogen-bond acceptors (Lipinski definition) is 5. The Morgan fingerprint density at radius 1 is 1.36 bits per heavy atom. The van der Waals surface area contributed by atoms with Gasteiger partial charge in [-0.05, 0) is 47.0 Å². The van der Waals surface area contributed by atoms with Crippen LogP contribution >= 0.6 is 22.9 Å². The molecule has 3 rings (SSSR count). The predicted octanol–water partition coefficient (Wildman–Crippen LogP) is 3.17. The second-order valence-electron chi connectivity index (χ2n) is 5.49. The first-order valence-electron chi connectivity index (χ1n) is 7.10. The topological polar surface area (TPSA) is 50.7 Å². The molecule has 0 fully saturated rings. The fourth-order valence-corrected chi connectivity index (χ4v) is 3.46. The summed E-state index contributed by atoms with van der Waals surface area (Å²) < 4.78 is 11.1. The van der Waals surface area contributed by atoms with Crippen LogP contribution in [0.1, 0.15) is 18.1 Å². The molecule has 0 aliphatic carbocycles. The van der Waals surface area contributed by atoms with Crippen molar-refractivity contribution in [2.75, 3.05) is 19.8 Å². The smallest absolute Gasteiger partial charge is 0.179 e. The van der Waals surface area contributed by atoms with E-state index >= 15 is 0 Å². The Labute approximate surface area is 138 Å². The fourth-order valence-electron chi connectivity index (χ4n) is 2.39. The second kappa shape index (κ2) is 6.46. The third kappa shape index (κ3) is 3.38. The van der Waals surface area contributed by atoms with E-state index in [1.807, 2.05) is 29.0 Å². The molecule has 1 atom stereocenters. The van der Waals surface area contributed by atoms with Crippen LogP contribution in [-0.2, 0) is 12.1 Å². The third-order valence-electron chi connectivity index (χ3n) is 3.60. The summed E-state index contributed by atoms with van der Waals surface area (Å²) in [4.78, 5) is 0. The van der Waals surface area contributed by atoms with Crippen LogP contribution < -0.4 is 14.8 Å². The van der Waals surface area contributed by atoms with Crippen molar-refractivity contribution in [2.24, 2.45) is 0 Å². The van der Waals surface area contributed by atoms with Gasteiger partial charge in [-0.2, -0.15) is 11.3 Å². The SMILES string of the molecule is CC(O)(CNCc1cc(Cl)c2c(c1)OCCO2)c1ccsc1. The Kier molecular flexibility index (Phi) is 4.59. The number of halogens is 1. The molecule has 1 aliphatic rings. The van der Waals surface area contributed by atoms with Crippen molar-refractivity contribution >= 4 is 22.9 Å². The molecule has 1 aromatic heterocycles. The highest BCUT2D eigenvalue weighted by atomic mass is 35.5. The number of nitrogens with one attached hydrogen (secondary N) is 1. The van der Waals surface area contributed by atoms with E-state index in [9.17, 15) is 5.11 Å². The summed E-state index contributed by atoms with van der Waals surface area (Å²) in [7, 11) is 0. The van der Waals surface area contributed by atoms with Crippen LogP contribution in [-0.4, -0.2) is 24.9 Å². The molecule has 1 aromatic carbocycles. The summed E-state index contributed by atoms with van der Waals surface area (Å²) in [5.41, 5.74) is 1.03. The molecule has 1 unspecified atom stereocenters. The Bertz CT molecular complexity index is 643. The normalized spacial score (nSPS) is 16.3. The third-order valence-corrected chi connectivity index (χ3v) is 4.56. The Morgan fingerprint density at radius 3 is 2.95 bits per heavy atom. The highest BCUT2D eigenvalue weighted by molar-refractivity contribution is 7.08. The largest absolute Gasteiger partial charge is 0.486 e. The minimum atomic E-state index is -0.891. The summed E-state index contributed by atoms with van der Waals surface area (Å²) in [6, 6.07) is 5.72. The van der Waals surface area contributed by atoms with Crippen molar-refractivity contribution in [1.29, 1.82) is 0 Å². The molecular formula is C16H18ClNO3S. The summed E-state index contributed by atoms with van der Waals surface area (Å²) in [5, 5.41) is 18.2. The van der Waals surface area contributed by atoms with Gasteiger partial charge in [0.25, 0.3) is 0 Å². The van der Waals surface area contributed by atoms with Gasteiger partial charge in [0.2, 0.25) is 0 Å². The van der Waals surface area contributed by atoms with Gasteiger partial charge in [-0.3, -0.25) is 0 Å². The zero-order valence-electron chi connectivity index (χ0n) is 12.3. The van der Waals surface area contributed by atoms with Crippen molar-refractivity contribution in [3.63, 3.8) is 0 Å². The molecule has 118 valence electrons. The lowest BCUT2D eigenvalue weighted by molar-refractivity contribution is 0.0571. The summed E-state index contributed by atoms with van der Waals surface area (Å²) in [6.07, 6.45) is 0. The maximum Gasteiger partial charge on any atom is 0.179 e. The molecule has 0 spiro atoms. The van der Waals surface area contributed by atoms with Gasteiger partial charge < -0.3 is 19.9 Å². The van der Waals surface area contributed by atoms with Crippen LogP contribution in [0, 0.1) is 0 Å². The molecule has 2 heterocycles. The zero-order valence-corrected chi connectivity index (χ0v) is 13.8. The van der Waals surface area contributed by atoms with E-state index < -0.39 is 5.60 Å². The molecule has 0 saturated carbocycles. The molecule has 1 aliphatic heterocycles. The van der Waals surface area contributed by atoms with E-state index in [2.05, 4.69) is 5.32 Å². The maximum atomic E-state index is 10.5. The predicted molar refractivity (Wildman–Crippen MR) is 88.0 cm³/mol. The number of thiophene rings is 1. The van der Waals surface area contributed by atoms with Gasteiger partial charge in [0.15, 0.2) is 11.5 Å². The standard InChI is InChI=1S/C16H18ClNO3S/c1-16(19,12-2-5-22-9-12)10-18-8-11-6-13(17)15-14(7-11)20-3-4-21-15/h2,5-7,9,18-19H,3-4,8,10H2,1H3. The first kappa shape index (κ1) is 15.6. The second-order valence-corrected chi connectivity index (χ2v) is 6.68. The van der Waals surface area contributed by atoms with Gasteiger partial charge in [0.1, 0.15) is 13.2 Å². The first-order valence-corrected chi connectivity index (χ1v) is 8.42. The number of rotatable bonds is 5. The van der Waals surface area contributed by atoms with Crippen LogP contribution in [0.15, 0.2) is 29.0 Å². The minimum absolute atomic E-state index is 0.454. The number of hydrogen-bond donors (Lipinski definition) is 2. The average molecular weight is 340 g/mol. The highest BCUT2D eigenvalue weighted by Gasteiger charge is 2.23. The quantitative estimate of drug-likeness (QED) is 0.878. The highest BCUT2D eigenvalue weighted by Crippen LogP contribution is 2.38. The molecule has 2 N–H and O–H groups in total. The van der Waals surface area contributed by atoms with Crippen molar-refractivity contribution in [3.05, 3.63) is 45.1 Å². The molecular weight excluding hydrogens is 322 g/mol. The Hall–Kier alpha value is -1.27. The number of aliphatic hydroxyl groups is 1. The number of benzene rings is 1. The van der Waals surface area contributed by atoms with E-state index in [-0.39, 0.29) is 0 Å². The molecule has 0 saturated heterocycles. The molecule has 4 nitrogen and oxygen atoms in total. The molecule has 0 bridgehead atoms. The van der Waals surface area contributed by atoms with Crippen molar-refractivity contribution in [2.45, 2.75) is 19.1 Å². The summed E-state index contributed by atoms with van der Waals surface area (Å²) in [5.74, 6) is 1.29. The summed E-state index contributed by atoms with van der Waals surface area (Å²) in [6.45, 7) is 3.91. The van der Waals surface area contributed by atoms with Crippen molar-refractivity contribution in [3.8, 4) is 11.5 Å². The van der Waals surface area contributed by atoms with Gasteiger partial charge in [0, 0.05) is 13.1 Å². The lowest BCUT2D eigenvalue weighted by Crippen LogP contribution is -2.34. The van der Waals surface area contributed by atoms with E-state index in [1.54, 1.807) is 18.3 Å². The van der Waals surface area contributed by atoms with Crippen LogP contribution in [0.5, 0.6) is 11.5 Å². The first-order chi connectivity index (χ1) is 10.6. The van der Waals surface area contributed by atoms with Crippen LogP contribution in [0.4, 0.5) is 0 Å². The maximum absolute atomic E-state index is 10.5. The lowest BCUT2D eigenvalue weighted by atomic mass is 9.99. The van der Waals surface area contributed by atoms with Gasteiger partial charge >= 0.3 is 0 Å². The lowest BCUT2D eigenvalue weighted by Gasteiger charge is -2.23. The van der Waals surface area contributed by atoms with Gasteiger partial charge in [0.05, 0.1) is 10.6 Å². The van der Waals surface area contributed by atoms with E-state index in [4.69, 9.17) is 21.1 Å². The summed E-state index contributed by atoms with van der Waals surface area (Å²) >= 11 is 7.79. The Morgan fingerprint density at radius 2 is 2.18 bits per heavy atom. The molecule has 0 amide bonds. The molecule has 6 heteroatoms. The van der Waals surface area contributed by atoms with Crippen LogP contribution in [0.2, 0.25) is 5.02 Å². The van der Waals surface area contributed by atoms with Gasteiger partial charge in [-0.25, -0.2) is 0 Å². The number of fused-ring (bicyclic) bond motifs is 1. The fraction of sp³-hybridized carbons (Fsp3) is 0.375. The molecule has 22 heavy (non-hydrogen) atoms. The van der Waals surface area contributed by atoms with Crippen LogP contribution in [0.25, 0.3) is 0 Å². The number of ether oxygens (including phenoxy) is 2. The Balaban J connectivity index is 1.63. The van der Waals surface area contributed by atoms with E-state index in [0.717, 1.165) is 11.1 Å². The van der Waals surface area contributed by atoms with E-state index in [1.165, 1.54) is 0 Å². The monoisotopic (exact) mass is 339 g/mol. The van der Waals surface area contributed by atoms with Crippen molar-refractivity contribution in [1.82, 2.24) is 5.32 Å². The average Bonchev–Trinajstić information content (AvgIpc) is 3.02. The van der Waals surface area contributed by atoms with Crippen molar-refractivity contribution < 1.29 is 14.6 Å². The molecule has 2 aromatic rings. The van der Waals surface area contributed by atoms with Gasteiger partial charge in [-0.1, -0.05) is 11.6 Å². The van der Waals surface area contributed by atoms with Gasteiger partial charge in [-0.15, -0.1) is 0 Å². The molecule has 0 radical (unpaired) electrons. The minimum Gasteiger partial charge on any atom is -0.486 e. The zero-order chi connectivity index (χ0) is 15.6. The van der Waals surface area contributed by atoms with E-state index in [0.29, 0.717) is 42.8 Å².